The maximum atomic E-state index is 5.88. The first kappa shape index (κ1) is 9.93. The molecule has 3 nitrogen and oxygen atoms in total. The highest BCUT2D eigenvalue weighted by Crippen LogP contribution is 2.23. The van der Waals surface area contributed by atoms with E-state index in [-0.39, 0.29) is 5.15 Å². The van der Waals surface area contributed by atoms with Crippen molar-refractivity contribution in [1.82, 2.24) is 9.97 Å². The van der Waals surface area contributed by atoms with Crippen LogP contribution in [0.2, 0.25) is 5.15 Å². The minimum Gasteiger partial charge on any atom is -0.479 e. The molecule has 0 saturated heterocycles. The van der Waals surface area contributed by atoms with Crippen LogP contribution in [0.4, 0.5) is 0 Å². The van der Waals surface area contributed by atoms with Gasteiger partial charge in [0.2, 0.25) is 0 Å². The van der Waals surface area contributed by atoms with Gasteiger partial charge in [-0.2, -0.15) is 0 Å². The standard InChI is InChI=1S/C11H9ClN2O/c1-15-11-10(12)14-9(7-13-11)8-5-3-2-4-6-8/h2-7H,1H3. The van der Waals surface area contributed by atoms with E-state index in [9.17, 15) is 0 Å². The Hall–Kier alpha value is -1.61. The molecule has 1 aromatic heterocycles. The van der Waals surface area contributed by atoms with E-state index < -0.39 is 0 Å². The number of rotatable bonds is 2. The first-order valence-corrected chi connectivity index (χ1v) is 4.81. The summed E-state index contributed by atoms with van der Waals surface area (Å²) in [5.74, 6) is 0.344. The average molecular weight is 221 g/mol. The molecule has 0 aliphatic carbocycles. The second-order valence-electron chi connectivity index (χ2n) is 2.92. The summed E-state index contributed by atoms with van der Waals surface area (Å²) >= 11 is 5.88. The Morgan fingerprint density at radius 3 is 2.53 bits per heavy atom. The number of hydrogen-bond donors (Lipinski definition) is 0. The van der Waals surface area contributed by atoms with Crippen LogP contribution in [-0.4, -0.2) is 17.1 Å². The Morgan fingerprint density at radius 1 is 1.20 bits per heavy atom. The Balaban J connectivity index is 2.43. The van der Waals surface area contributed by atoms with Crippen molar-refractivity contribution in [3.05, 3.63) is 41.7 Å². The highest BCUT2D eigenvalue weighted by molar-refractivity contribution is 6.30. The lowest BCUT2D eigenvalue weighted by molar-refractivity contribution is 0.396. The van der Waals surface area contributed by atoms with Gasteiger partial charge in [0.1, 0.15) is 0 Å². The molecule has 0 amide bonds. The van der Waals surface area contributed by atoms with Crippen molar-refractivity contribution in [2.45, 2.75) is 0 Å². The van der Waals surface area contributed by atoms with Gasteiger partial charge in [-0.05, 0) is 0 Å². The zero-order chi connectivity index (χ0) is 10.7. The number of benzene rings is 1. The Bertz CT molecular complexity index is 459. The molecule has 0 atom stereocenters. The van der Waals surface area contributed by atoms with Gasteiger partial charge in [0, 0.05) is 5.56 Å². The molecular weight excluding hydrogens is 212 g/mol. The summed E-state index contributed by atoms with van der Waals surface area (Å²) in [6, 6.07) is 9.73. The van der Waals surface area contributed by atoms with Gasteiger partial charge in [-0.3, -0.25) is 0 Å². The molecule has 0 bridgehead atoms. The molecule has 0 N–H and O–H groups in total. The molecule has 0 spiro atoms. The van der Waals surface area contributed by atoms with E-state index in [0.717, 1.165) is 11.3 Å². The van der Waals surface area contributed by atoms with Crippen molar-refractivity contribution in [3.63, 3.8) is 0 Å². The number of aromatic nitrogens is 2. The first-order valence-electron chi connectivity index (χ1n) is 4.43. The predicted molar refractivity (Wildman–Crippen MR) is 59.0 cm³/mol. The third-order valence-corrected chi connectivity index (χ3v) is 2.21. The Kier molecular flexibility index (Phi) is 2.83. The zero-order valence-electron chi connectivity index (χ0n) is 8.14. The lowest BCUT2D eigenvalue weighted by atomic mass is 10.2. The molecule has 15 heavy (non-hydrogen) atoms. The SMILES string of the molecule is COc1ncc(-c2ccccc2)nc1Cl. The minimum atomic E-state index is 0.277. The summed E-state index contributed by atoms with van der Waals surface area (Å²) < 4.78 is 4.93. The van der Waals surface area contributed by atoms with E-state index in [0.29, 0.717) is 5.88 Å². The van der Waals surface area contributed by atoms with E-state index in [1.165, 1.54) is 7.11 Å². The molecule has 0 aliphatic rings. The zero-order valence-corrected chi connectivity index (χ0v) is 8.90. The van der Waals surface area contributed by atoms with Gasteiger partial charge in [0.25, 0.3) is 5.88 Å². The topological polar surface area (TPSA) is 35.0 Å². The number of methoxy groups -OCH3 is 1. The monoisotopic (exact) mass is 220 g/mol. The average Bonchev–Trinajstić information content (AvgIpc) is 2.30. The fourth-order valence-electron chi connectivity index (χ4n) is 1.24. The minimum absolute atomic E-state index is 0.277. The highest BCUT2D eigenvalue weighted by Gasteiger charge is 2.06. The van der Waals surface area contributed by atoms with Crippen molar-refractivity contribution >= 4 is 11.6 Å². The maximum absolute atomic E-state index is 5.88. The first-order chi connectivity index (χ1) is 7.31. The normalized spacial score (nSPS) is 10.0. The molecule has 0 unspecified atom stereocenters. The van der Waals surface area contributed by atoms with Crippen LogP contribution >= 0.6 is 11.6 Å². The molecule has 2 rings (SSSR count). The molecule has 1 heterocycles. The lowest BCUT2D eigenvalue weighted by Crippen LogP contribution is -1.92. The summed E-state index contributed by atoms with van der Waals surface area (Å²) in [4.78, 5) is 8.25. The fraction of sp³-hybridized carbons (Fsp3) is 0.0909. The van der Waals surface area contributed by atoms with Crippen LogP contribution < -0.4 is 4.74 Å². The summed E-state index contributed by atoms with van der Waals surface area (Å²) in [5.41, 5.74) is 1.72. The number of ether oxygens (including phenoxy) is 1. The van der Waals surface area contributed by atoms with E-state index >= 15 is 0 Å². The summed E-state index contributed by atoms with van der Waals surface area (Å²) in [5, 5.41) is 0.277. The second kappa shape index (κ2) is 4.28. The van der Waals surface area contributed by atoms with Gasteiger partial charge in [0.15, 0.2) is 5.15 Å². The van der Waals surface area contributed by atoms with Gasteiger partial charge in [-0.25, -0.2) is 9.97 Å². The molecule has 4 heteroatoms. The van der Waals surface area contributed by atoms with Crippen LogP contribution in [0.25, 0.3) is 11.3 Å². The van der Waals surface area contributed by atoms with Gasteiger partial charge in [-0.15, -0.1) is 0 Å². The molecule has 0 fully saturated rings. The van der Waals surface area contributed by atoms with Crippen LogP contribution in [0.3, 0.4) is 0 Å². The summed E-state index contributed by atoms with van der Waals surface area (Å²) in [7, 11) is 1.51. The Morgan fingerprint density at radius 2 is 1.93 bits per heavy atom. The predicted octanol–water partition coefficient (Wildman–Crippen LogP) is 2.81. The van der Waals surface area contributed by atoms with Crippen molar-refractivity contribution in [3.8, 4) is 17.1 Å². The lowest BCUT2D eigenvalue weighted by Gasteiger charge is -2.03. The third-order valence-electron chi connectivity index (χ3n) is 1.96. The van der Waals surface area contributed by atoms with Crippen molar-refractivity contribution in [2.75, 3.05) is 7.11 Å². The van der Waals surface area contributed by atoms with Crippen molar-refractivity contribution in [1.29, 1.82) is 0 Å². The molecule has 0 radical (unpaired) electrons. The number of halogens is 1. The highest BCUT2D eigenvalue weighted by atomic mass is 35.5. The molecular formula is C11H9ClN2O. The van der Waals surface area contributed by atoms with Gasteiger partial charge in [-0.1, -0.05) is 41.9 Å². The van der Waals surface area contributed by atoms with Crippen LogP contribution in [0.5, 0.6) is 5.88 Å². The number of hydrogen-bond acceptors (Lipinski definition) is 3. The summed E-state index contributed by atoms with van der Waals surface area (Å²) in [6.07, 6.45) is 1.64. The van der Waals surface area contributed by atoms with Crippen LogP contribution in [0.1, 0.15) is 0 Å². The van der Waals surface area contributed by atoms with Crippen LogP contribution in [0.15, 0.2) is 36.5 Å². The van der Waals surface area contributed by atoms with Gasteiger partial charge < -0.3 is 4.74 Å². The summed E-state index contributed by atoms with van der Waals surface area (Å²) in [6.45, 7) is 0. The molecule has 0 saturated carbocycles. The molecule has 1 aromatic carbocycles. The van der Waals surface area contributed by atoms with Crippen LogP contribution in [-0.2, 0) is 0 Å². The molecule has 2 aromatic rings. The maximum Gasteiger partial charge on any atom is 0.251 e. The van der Waals surface area contributed by atoms with Crippen molar-refractivity contribution in [2.24, 2.45) is 0 Å². The van der Waals surface area contributed by atoms with Gasteiger partial charge >= 0.3 is 0 Å². The largest absolute Gasteiger partial charge is 0.479 e. The second-order valence-corrected chi connectivity index (χ2v) is 3.28. The van der Waals surface area contributed by atoms with E-state index in [4.69, 9.17) is 16.3 Å². The van der Waals surface area contributed by atoms with E-state index in [1.807, 2.05) is 30.3 Å². The number of nitrogens with zero attached hydrogens (tertiary/aromatic N) is 2. The van der Waals surface area contributed by atoms with Crippen LogP contribution in [0, 0.1) is 0 Å². The van der Waals surface area contributed by atoms with Gasteiger partial charge in [0.05, 0.1) is 19.0 Å². The molecule has 0 aliphatic heterocycles. The third kappa shape index (κ3) is 2.07. The van der Waals surface area contributed by atoms with E-state index in [2.05, 4.69) is 9.97 Å². The van der Waals surface area contributed by atoms with E-state index in [1.54, 1.807) is 6.20 Å². The quantitative estimate of drug-likeness (QED) is 0.781. The smallest absolute Gasteiger partial charge is 0.251 e. The Labute approximate surface area is 92.7 Å². The van der Waals surface area contributed by atoms with Crippen molar-refractivity contribution < 1.29 is 4.74 Å². The fourth-order valence-corrected chi connectivity index (χ4v) is 1.46. The molecule has 76 valence electrons.